The molecule has 0 aromatic rings. The summed E-state index contributed by atoms with van der Waals surface area (Å²) in [7, 11) is 1.76. The van der Waals surface area contributed by atoms with E-state index in [0.717, 1.165) is 0 Å². The van der Waals surface area contributed by atoms with E-state index in [1.807, 2.05) is 0 Å². The van der Waals surface area contributed by atoms with Gasteiger partial charge < -0.3 is 4.90 Å². The minimum Gasteiger partial charge on any atom is -0.313 e. The minimum absolute atomic E-state index is 1.54. The zero-order chi connectivity index (χ0) is 4.99. The van der Waals surface area contributed by atoms with E-state index in [1.165, 1.54) is 0 Å². The van der Waals surface area contributed by atoms with Gasteiger partial charge in [-0.25, -0.2) is 0 Å². The molecular formula is C5H7N. The molecule has 0 aliphatic rings. The molecule has 0 saturated heterocycles. The molecular weight excluding hydrogens is 74.1 g/mol. The van der Waals surface area contributed by atoms with Crippen molar-refractivity contribution >= 4 is 0 Å². The van der Waals surface area contributed by atoms with Crippen LogP contribution >= 0.6 is 0 Å². The van der Waals surface area contributed by atoms with Crippen molar-refractivity contribution in [2.24, 2.45) is 0 Å². The number of rotatable bonds is 1. The fraction of sp³-hybridized carbons (Fsp3) is 0.200. The Bertz CT molecular complexity index is 78.4. The monoisotopic (exact) mass is 81.1 g/mol. The fourth-order valence-corrected chi connectivity index (χ4v) is 0.0527. The molecule has 0 rings (SSSR count). The standard InChI is InChI=1S/C5H7N/c1-4-6(3)5-2/h1,5H,2H2,3H3. The third-order valence-corrected chi connectivity index (χ3v) is 0.477. The van der Waals surface area contributed by atoms with Crippen LogP contribution in [0.1, 0.15) is 0 Å². The van der Waals surface area contributed by atoms with Crippen molar-refractivity contribution in [1.29, 1.82) is 0 Å². The molecule has 0 atom stereocenters. The summed E-state index contributed by atoms with van der Waals surface area (Å²) in [4.78, 5) is 1.54. The highest BCUT2D eigenvalue weighted by Gasteiger charge is 1.68. The second-order valence-electron chi connectivity index (χ2n) is 0.923. The molecule has 0 heterocycles. The van der Waals surface area contributed by atoms with Crippen LogP contribution in [0.15, 0.2) is 12.8 Å². The highest BCUT2D eigenvalue weighted by atomic mass is 15.0. The summed E-state index contributed by atoms with van der Waals surface area (Å²) in [5.41, 5.74) is 0. The van der Waals surface area contributed by atoms with Gasteiger partial charge in [-0.15, -0.1) is 0 Å². The summed E-state index contributed by atoms with van der Waals surface area (Å²) < 4.78 is 0. The lowest BCUT2D eigenvalue weighted by Crippen LogP contribution is -1.97. The number of nitrogens with zero attached hydrogens (tertiary/aromatic N) is 1. The molecule has 0 radical (unpaired) electrons. The quantitative estimate of drug-likeness (QED) is 0.331. The Morgan fingerprint density at radius 3 is 2.50 bits per heavy atom. The molecule has 0 aromatic heterocycles. The van der Waals surface area contributed by atoms with Crippen LogP contribution in [0.5, 0.6) is 0 Å². The molecule has 0 fully saturated rings. The first kappa shape index (κ1) is 5.10. The molecule has 0 aromatic carbocycles. The summed E-state index contributed by atoms with van der Waals surface area (Å²) in [6.45, 7) is 3.41. The molecule has 0 bridgehead atoms. The Morgan fingerprint density at radius 2 is 2.50 bits per heavy atom. The van der Waals surface area contributed by atoms with Crippen molar-refractivity contribution in [3.8, 4) is 12.5 Å². The van der Waals surface area contributed by atoms with E-state index >= 15 is 0 Å². The van der Waals surface area contributed by atoms with Gasteiger partial charge in [0.25, 0.3) is 0 Å². The van der Waals surface area contributed by atoms with Gasteiger partial charge in [0.05, 0.1) is 0 Å². The van der Waals surface area contributed by atoms with E-state index < -0.39 is 0 Å². The second kappa shape index (κ2) is 2.34. The predicted octanol–water partition coefficient (Wildman–Crippen LogP) is 0.652. The van der Waals surface area contributed by atoms with Gasteiger partial charge in [-0.05, 0) is 0 Å². The molecule has 0 saturated carbocycles. The van der Waals surface area contributed by atoms with Crippen LogP contribution in [0.25, 0.3) is 0 Å². The third-order valence-electron chi connectivity index (χ3n) is 0.477. The van der Waals surface area contributed by atoms with E-state index in [0.29, 0.717) is 0 Å². The van der Waals surface area contributed by atoms with Crippen LogP contribution in [-0.4, -0.2) is 11.9 Å². The van der Waals surface area contributed by atoms with Gasteiger partial charge in [0.15, 0.2) is 0 Å². The Kier molecular flexibility index (Phi) is 1.99. The van der Waals surface area contributed by atoms with Gasteiger partial charge in [0, 0.05) is 19.3 Å². The van der Waals surface area contributed by atoms with E-state index in [1.54, 1.807) is 18.1 Å². The first-order valence-electron chi connectivity index (χ1n) is 1.63. The largest absolute Gasteiger partial charge is 0.313 e. The lowest BCUT2D eigenvalue weighted by atomic mass is 10.8. The summed E-state index contributed by atoms with van der Waals surface area (Å²) >= 11 is 0. The maximum absolute atomic E-state index is 4.89. The normalized spacial score (nSPS) is 6.00. The van der Waals surface area contributed by atoms with Crippen molar-refractivity contribution in [3.05, 3.63) is 12.8 Å². The van der Waals surface area contributed by atoms with Crippen molar-refractivity contribution < 1.29 is 0 Å². The van der Waals surface area contributed by atoms with E-state index in [4.69, 9.17) is 6.42 Å². The molecule has 0 N–H and O–H groups in total. The summed E-state index contributed by atoms with van der Waals surface area (Å²) in [5, 5.41) is 0. The average Bonchev–Trinajstić information content (AvgIpc) is 1.65. The van der Waals surface area contributed by atoms with Gasteiger partial charge >= 0.3 is 0 Å². The molecule has 6 heavy (non-hydrogen) atoms. The lowest BCUT2D eigenvalue weighted by molar-refractivity contribution is 0.666. The SMILES string of the molecule is C#CN(C)C=C. The van der Waals surface area contributed by atoms with Crippen LogP contribution in [0.3, 0.4) is 0 Å². The molecule has 0 aliphatic carbocycles. The summed E-state index contributed by atoms with van der Waals surface area (Å²) in [6.07, 6.45) is 6.46. The topological polar surface area (TPSA) is 3.24 Å². The average molecular weight is 81.1 g/mol. The van der Waals surface area contributed by atoms with Crippen molar-refractivity contribution in [2.45, 2.75) is 0 Å². The van der Waals surface area contributed by atoms with Gasteiger partial charge in [-0.2, -0.15) is 0 Å². The van der Waals surface area contributed by atoms with Crippen LogP contribution in [0.2, 0.25) is 0 Å². The first-order chi connectivity index (χ1) is 2.81. The molecule has 0 spiro atoms. The number of hydrogen-bond acceptors (Lipinski definition) is 1. The van der Waals surface area contributed by atoms with Crippen molar-refractivity contribution in [1.82, 2.24) is 4.90 Å². The highest BCUT2D eigenvalue weighted by Crippen LogP contribution is 1.70. The summed E-state index contributed by atoms with van der Waals surface area (Å²) in [6, 6.07) is 2.33. The van der Waals surface area contributed by atoms with Gasteiger partial charge in [-0.3, -0.25) is 0 Å². The van der Waals surface area contributed by atoms with Crippen molar-refractivity contribution in [3.63, 3.8) is 0 Å². The molecule has 0 aliphatic heterocycles. The Morgan fingerprint density at radius 1 is 2.00 bits per heavy atom. The van der Waals surface area contributed by atoms with Crippen LogP contribution in [-0.2, 0) is 0 Å². The maximum atomic E-state index is 4.89. The third kappa shape index (κ3) is 1.42. The highest BCUT2D eigenvalue weighted by molar-refractivity contribution is 4.87. The Balaban J connectivity index is 3.30. The molecule has 32 valence electrons. The van der Waals surface area contributed by atoms with Gasteiger partial charge in [0.2, 0.25) is 0 Å². The maximum Gasteiger partial charge on any atom is 0.0195 e. The zero-order valence-electron chi connectivity index (χ0n) is 3.81. The van der Waals surface area contributed by atoms with Crippen LogP contribution in [0.4, 0.5) is 0 Å². The molecule has 1 nitrogen and oxygen atoms in total. The molecule has 1 heteroatoms. The predicted molar refractivity (Wildman–Crippen MR) is 26.8 cm³/mol. The zero-order valence-corrected chi connectivity index (χ0v) is 3.81. The fourth-order valence-electron chi connectivity index (χ4n) is 0.0527. The van der Waals surface area contributed by atoms with E-state index in [9.17, 15) is 0 Å². The number of hydrogen-bond donors (Lipinski definition) is 0. The summed E-state index contributed by atoms with van der Waals surface area (Å²) in [5.74, 6) is 0. The Labute approximate surface area is 38.3 Å². The number of terminal acetylenes is 1. The van der Waals surface area contributed by atoms with E-state index in [2.05, 4.69) is 12.6 Å². The van der Waals surface area contributed by atoms with Crippen LogP contribution < -0.4 is 0 Å². The second-order valence-corrected chi connectivity index (χ2v) is 0.923. The van der Waals surface area contributed by atoms with Crippen molar-refractivity contribution in [2.75, 3.05) is 7.05 Å². The van der Waals surface area contributed by atoms with Crippen LogP contribution in [0, 0.1) is 12.5 Å². The smallest absolute Gasteiger partial charge is 0.0195 e. The Hall–Kier alpha value is -0.900. The molecule has 0 unspecified atom stereocenters. The minimum atomic E-state index is 1.54. The van der Waals surface area contributed by atoms with Gasteiger partial charge in [0.1, 0.15) is 0 Å². The van der Waals surface area contributed by atoms with E-state index in [-0.39, 0.29) is 0 Å². The lowest BCUT2D eigenvalue weighted by Gasteiger charge is -1.96. The first-order valence-corrected chi connectivity index (χ1v) is 1.63. The molecule has 0 amide bonds. The van der Waals surface area contributed by atoms with Gasteiger partial charge in [-0.1, -0.05) is 13.0 Å².